The van der Waals surface area contributed by atoms with E-state index in [4.69, 9.17) is 0 Å². The van der Waals surface area contributed by atoms with E-state index in [1.165, 1.54) is 4.31 Å². The van der Waals surface area contributed by atoms with Crippen LogP contribution in [0.2, 0.25) is 0 Å². The fraction of sp³-hybridized carbons (Fsp3) is 0.462. The van der Waals surface area contributed by atoms with Crippen molar-refractivity contribution in [1.29, 1.82) is 0 Å². The van der Waals surface area contributed by atoms with Gasteiger partial charge >= 0.3 is 0 Å². The molecule has 1 aromatic heterocycles. The molecular formula is C13H20N4O2S. The van der Waals surface area contributed by atoms with Gasteiger partial charge in [-0.3, -0.25) is 0 Å². The maximum absolute atomic E-state index is 12.1. The van der Waals surface area contributed by atoms with E-state index in [1.807, 2.05) is 38.1 Å². The number of benzene rings is 1. The van der Waals surface area contributed by atoms with Crippen LogP contribution in [0.4, 0.5) is 0 Å². The molecule has 2 aromatic rings. The number of nitrogens with one attached hydrogen (secondary N) is 2. The van der Waals surface area contributed by atoms with Gasteiger partial charge in [0.25, 0.3) is 10.2 Å². The lowest BCUT2D eigenvalue weighted by Gasteiger charge is -2.23. The molecule has 1 unspecified atom stereocenters. The Hall–Kier alpha value is -1.44. The fourth-order valence-electron chi connectivity index (χ4n) is 1.82. The molecule has 110 valence electrons. The first-order valence-electron chi connectivity index (χ1n) is 6.51. The number of imidazole rings is 1. The van der Waals surface area contributed by atoms with Gasteiger partial charge < -0.3 is 4.98 Å². The highest BCUT2D eigenvalue weighted by molar-refractivity contribution is 7.87. The van der Waals surface area contributed by atoms with Crippen molar-refractivity contribution in [2.75, 3.05) is 7.05 Å². The van der Waals surface area contributed by atoms with Crippen LogP contribution in [0.15, 0.2) is 24.3 Å². The summed E-state index contributed by atoms with van der Waals surface area (Å²) in [6, 6.07) is 7.08. The number of para-hydroxylation sites is 2. The average Bonchev–Trinajstić information content (AvgIpc) is 2.81. The Morgan fingerprint density at radius 3 is 2.50 bits per heavy atom. The molecule has 0 saturated heterocycles. The number of nitrogens with zero attached hydrogens (tertiary/aromatic N) is 2. The van der Waals surface area contributed by atoms with Crippen LogP contribution < -0.4 is 4.72 Å². The zero-order chi connectivity index (χ0) is 14.9. The van der Waals surface area contributed by atoms with E-state index in [9.17, 15) is 8.42 Å². The topological polar surface area (TPSA) is 78.1 Å². The van der Waals surface area contributed by atoms with Gasteiger partial charge in [-0.2, -0.15) is 17.4 Å². The molecule has 0 aliphatic heterocycles. The second-order valence-corrected chi connectivity index (χ2v) is 6.86. The lowest BCUT2D eigenvalue weighted by molar-refractivity contribution is 0.397. The highest BCUT2D eigenvalue weighted by Gasteiger charge is 2.24. The van der Waals surface area contributed by atoms with E-state index >= 15 is 0 Å². The number of hydrogen-bond acceptors (Lipinski definition) is 3. The summed E-state index contributed by atoms with van der Waals surface area (Å²) in [5.41, 5.74) is 1.72. The Bertz CT molecular complexity index is 660. The third-order valence-electron chi connectivity index (χ3n) is 3.25. The predicted molar refractivity (Wildman–Crippen MR) is 79.5 cm³/mol. The van der Waals surface area contributed by atoms with Crippen LogP contribution in [-0.4, -0.2) is 35.8 Å². The smallest absolute Gasteiger partial charge is 0.280 e. The van der Waals surface area contributed by atoms with Crippen molar-refractivity contribution in [3.8, 4) is 0 Å². The van der Waals surface area contributed by atoms with Crippen LogP contribution in [0.1, 0.15) is 32.6 Å². The van der Waals surface area contributed by atoms with Crippen molar-refractivity contribution in [2.24, 2.45) is 0 Å². The first-order chi connectivity index (χ1) is 9.31. The van der Waals surface area contributed by atoms with Crippen molar-refractivity contribution in [2.45, 2.75) is 32.9 Å². The van der Waals surface area contributed by atoms with Crippen molar-refractivity contribution >= 4 is 21.2 Å². The molecule has 0 radical (unpaired) electrons. The third kappa shape index (κ3) is 3.00. The minimum Gasteiger partial charge on any atom is -0.341 e. The van der Waals surface area contributed by atoms with Crippen LogP contribution in [0, 0.1) is 0 Å². The van der Waals surface area contributed by atoms with E-state index in [2.05, 4.69) is 14.7 Å². The highest BCUT2D eigenvalue weighted by atomic mass is 32.2. The van der Waals surface area contributed by atoms with Gasteiger partial charge in [0.15, 0.2) is 0 Å². The molecule has 0 saturated carbocycles. The van der Waals surface area contributed by atoms with E-state index < -0.39 is 16.3 Å². The van der Waals surface area contributed by atoms with Crippen LogP contribution in [0.5, 0.6) is 0 Å². The number of hydrogen-bond donors (Lipinski definition) is 2. The van der Waals surface area contributed by atoms with E-state index in [1.54, 1.807) is 14.0 Å². The van der Waals surface area contributed by atoms with E-state index in [-0.39, 0.29) is 6.04 Å². The summed E-state index contributed by atoms with van der Waals surface area (Å²) >= 11 is 0. The monoisotopic (exact) mass is 296 g/mol. The number of rotatable bonds is 5. The molecule has 1 heterocycles. The third-order valence-corrected chi connectivity index (χ3v) is 5.08. The molecule has 20 heavy (non-hydrogen) atoms. The molecular weight excluding hydrogens is 276 g/mol. The Morgan fingerprint density at radius 2 is 1.90 bits per heavy atom. The van der Waals surface area contributed by atoms with Gasteiger partial charge in [-0.15, -0.1) is 0 Å². The van der Waals surface area contributed by atoms with Gasteiger partial charge in [0.1, 0.15) is 5.82 Å². The maximum Gasteiger partial charge on any atom is 0.280 e. The SMILES string of the molecule is CC(NS(=O)(=O)N(C)C(C)C)c1nc2ccccc2[nH]1. The van der Waals surface area contributed by atoms with Gasteiger partial charge in [0, 0.05) is 13.1 Å². The minimum atomic E-state index is -3.52. The van der Waals surface area contributed by atoms with Crippen molar-refractivity contribution < 1.29 is 8.42 Å². The summed E-state index contributed by atoms with van der Waals surface area (Å²) in [4.78, 5) is 7.53. The normalized spacial score (nSPS) is 14.3. The average molecular weight is 296 g/mol. The molecule has 0 fully saturated rings. The number of aromatic amines is 1. The summed E-state index contributed by atoms with van der Waals surface area (Å²) in [5.74, 6) is 0.604. The summed E-state index contributed by atoms with van der Waals surface area (Å²) in [6.07, 6.45) is 0. The van der Waals surface area contributed by atoms with E-state index in [0.29, 0.717) is 5.82 Å². The Morgan fingerprint density at radius 1 is 1.25 bits per heavy atom. The quantitative estimate of drug-likeness (QED) is 0.883. The molecule has 7 heteroatoms. The highest BCUT2D eigenvalue weighted by Crippen LogP contribution is 2.16. The summed E-state index contributed by atoms with van der Waals surface area (Å²) < 4.78 is 28.2. The zero-order valence-electron chi connectivity index (χ0n) is 12.1. The first kappa shape index (κ1) is 15.0. The van der Waals surface area contributed by atoms with Crippen molar-refractivity contribution in [3.63, 3.8) is 0 Å². The maximum atomic E-state index is 12.1. The van der Waals surface area contributed by atoms with E-state index in [0.717, 1.165) is 11.0 Å². The molecule has 1 atom stereocenters. The second-order valence-electron chi connectivity index (χ2n) is 5.09. The number of aromatic nitrogens is 2. The van der Waals surface area contributed by atoms with Crippen LogP contribution in [-0.2, 0) is 10.2 Å². The Balaban J connectivity index is 2.21. The molecule has 2 N–H and O–H groups in total. The molecule has 1 aromatic carbocycles. The van der Waals surface area contributed by atoms with Crippen LogP contribution in [0.3, 0.4) is 0 Å². The second kappa shape index (κ2) is 5.51. The van der Waals surface area contributed by atoms with Gasteiger partial charge in [-0.1, -0.05) is 12.1 Å². The lowest BCUT2D eigenvalue weighted by atomic mass is 10.3. The largest absolute Gasteiger partial charge is 0.341 e. The summed E-state index contributed by atoms with van der Waals surface area (Å²) in [5, 5.41) is 0. The fourth-order valence-corrected chi connectivity index (χ4v) is 3.10. The number of H-pyrrole nitrogens is 1. The zero-order valence-corrected chi connectivity index (χ0v) is 12.9. The lowest BCUT2D eigenvalue weighted by Crippen LogP contribution is -2.43. The Labute approximate surface area is 119 Å². The van der Waals surface area contributed by atoms with Gasteiger partial charge in [0.05, 0.1) is 17.1 Å². The molecule has 0 spiro atoms. The molecule has 2 rings (SSSR count). The standard InChI is InChI=1S/C13H20N4O2S/c1-9(2)17(4)20(18,19)16-10(3)13-14-11-7-5-6-8-12(11)15-13/h5-10,16H,1-4H3,(H,14,15). The first-order valence-corrected chi connectivity index (χ1v) is 7.95. The van der Waals surface area contributed by atoms with Gasteiger partial charge in [0.2, 0.25) is 0 Å². The molecule has 0 aliphatic rings. The van der Waals surface area contributed by atoms with Crippen LogP contribution >= 0.6 is 0 Å². The number of fused-ring (bicyclic) bond motifs is 1. The molecule has 0 amide bonds. The Kier molecular flexibility index (Phi) is 4.12. The summed E-state index contributed by atoms with van der Waals surface area (Å²) in [6.45, 7) is 5.42. The molecule has 0 bridgehead atoms. The van der Waals surface area contributed by atoms with Gasteiger partial charge in [-0.05, 0) is 32.9 Å². The van der Waals surface area contributed by atoms with Gasteiger partial charge in [-0.25, -0.2) is 4.98 Å². The molecule has 0 aliphatic carbocycles. The summed E-state index contributed by atoms with van der Waals surface area (Å²) in [7, 11) is -1.97. The predicted octanol–water partition coefficient (Wildman–Crippen LogP) is 1.80. The van der Waals surface area contributed by atoms with Crippen molar-refractivity contribution in [3.05, 3.63) is 30.1 Å². The minimum absolute atomic E-state index is 0.102. The molecule has 6 nitrogen and oxygen atoms in total. The van der Waals surface area contributed by atoms with Crippen molar-refractivity contribution in [1.82, 2.24) is 19.0 Å². The van der Waals surface area contributed by atoms with Crippen LogP contribution in [0.25, 0.3) is 11.0 Å².